The first-order chi connectivity index (χ1) is 24.7. The molecule has 1 heterocycles. The summed E-state index contributed by atoms with van der Waals surface area (Å²) >= 11 is 7.40. The predicted octanol–water partition coefficient (Wildman–Crippen LogP) is 9.13. The molecule has 0 saturated heterocycles. The van der Waals surface area contributed by atoms with Crippen LogP contribution in [-0.2, 0) is 42.7 Å². The van der Waals surface area contributed by atoms with Crippen molar-refractivity contribution < 1.29 is 35.4 Å². The van der Waals surface area contributed by atoms with Crippen LogP contribution >= 0.6 is 24.4 Å². The molecule has 5 rings (SSSR count). The molecule has 13 heteroatoms. The second kappa shape index (κ2) is 27.7. The fourth-order valence-electron chi connectivity index (χ4n) is 4.79. The molecule has 0 unspecified atom stereocenters. The number of para-hydroxylation sites is 4. The van der Waals surface area contributed by atoms with Gasteiger partial charge in [0, 0.05) is 16.5 Å². The topological polar surface area (TPSA) is 138 Å². The molecule has 10 nitrogen and oxygen atoms in total. The molecule has 4 aromatic rings. The molecule has 274 valence electrons. The molecule has 1 aliphatic heterocycles. The minimum Gasteiger partial charge on any atom is -0.753 e. The summed E-state index contributed by atoms with van der Waals surface area (Å²) in [5.41, 5.74) is 4.20. The van der Waals surface area contributed by atoms with Crippen molar-refractivity contribution in [1.82, 2.24) is 0 Å². The zero-order chi connectivity index (χ0) is 35.5. The van der Waals surface area contributed by atoms with E-state index in [1.54, 1.807) is 0 Å². The molecule has 0 fully saturated rings. The van der Waals surface area contributed by atoms with Crippen molar-refractivity contribution >= 4 is 34.8 Å². The maximum atomic E-state index is 7.13. The Balaban J connectivity index is 0.00000120. The van der Waals surface area contributed by atoms with E-state index in [0.717, 1.165) is 45.3 Å². The van der Waals surface area contributed by atoms with Gasteiger partial charge in [0.1, 0.15) is 49.4 Å². The number of nitrogens with zero attached hydrogens (tertiary/aromatic N) is 6. The van der Waals surface area contributed by atoms with Gasteiger partial charge in [-0.1, -0.05) is 97.2 Å². The first-order valence-electron chi connectivity index (χ1n) is 16.1. The quantitative estimate of drug-likeness (QED) is 0.0994. The molecule has 0 atom stereocenters. The first kappa shape index (κ1) is 43.2. The molecule has 0 radical (unpaired) electrons. The second-order valence-electron chi connectivity index (χ2n) is 10.4. The van der Waals surface area contributed by atoms with Crippen LogP contribution in [0.1, 0.15) is 22.3 Å². The van der Waals surface area contributed by atoms with E-state index in [1.807, 2.05) is 72.8 Å². The molecule has 0 N–H and O–H groups in total. The number of fused-ring (bicyclic) bond motifs is 4. The van der Waals surface area contributed by atoms with Crippen LogP contribution in [0.2, 0.25) is 0 Å². The van der Waals surface area contributed by atoms with Crippen LogP contribution < -0.4 is 18.9 Å². The van der Waals surface area contributed by atoms with Gasteiger partial charge in [-0.2, -0.15) is 36.5 Å². The van der Waals surface area contributed by atoms with Crippen molar-refractivity contribution in [2.75, 3.05) is 52.6 Å². The second-order valence-corrected chi connectivity index (χ2v) is 10.8. The van der Waals surface area contributed by atoms with Crippen LogP contribution in [0.25, 0.3) is 32.1 Å². The third-order valence-electron chi connectivity index (χ3n) is 7.05. The minimum atomic E-state index is 0. The van der Waals surface area contributed by atoms with Crippen LogP contribution in [0.3, 0.4) is 0 Å². The van der Waals surface area contributed by atoms with Gasteiger partial charge in [0.05, 0.1) is 0 Å². The Kier molecular flexibility index (Phi) is 23.5. The number of hydrogen-bond donors (Lipinski definition) is 0. The molecule has 0 bridgehead atoms. The average molecular weight is 768 g/mol. The summed E-state index contributed by atoms with van der Waals surface area (Å²) < 4.78 is 24.3. The Morgan fingerprint density at radius 1 is 0.412 bits per heavy atom. The Hall–Kier alpha value is -3.99. The van der Waals surface area contributed by atoms with Gasteiger partial charge in [0.15, 0.2) is 0 Å². The van der Waals surface area contributed by atoms with E-state index in [1.165, 1.54) is 10.3 Å². The minimum absolute atomic E-state index is 0. The first-order valence-corrected chi connectivity index (χ1v) is 16.9. The zero-order valence-corrected chi connectivity index (χ0v) is 30.8. The van der Waals surface area contributed by atoms with E-state index < -0.39 is 0 Å². The number of ether oxygens (including phenoxy) is 4. The van der Waals surface area contributed by atoms with Crippen LogP contribution in [0.5, 0.6) is 23.0 Å². The van der Waals surface area contributed by atoms with Crippen molar-refractivity contribution in [3.63, 3.8) is 0 Å². The fraction of sp³-hybridized carbons (Fsp3) is 0.316. The Labute approximate surface area is 322 Å². The maximum absolute atomic E-state index is 7.13. The van der Waals surface area contributed by atoms with Crippen molar-refractivity contribution in [3.8, 4) is 23.0 Å². The van der Waals surface area contributed by atoms with Gasteiger partial charge in [-0.05, 0) is 46.5 Å². The van der Waals surface area contributed by atoms with Gasteiger partial charge in [0.2, 0.25) is 0 Å². The standard InChI is InChI=1S/C36H40N4O4.2CNS.Ni/c1-5-13-33-29(9-1)25-37-17-18-38-26-30-10-3-7-15-35(30)43-23-24-44-36-16-8-4-12-32(36)28-40-20-19-39-27-31-11-2-6-14-34(31)42-22-21-41-33;2*2-1-3;/h1-16H,17-28H2;;;/q-4;2*-1;. The molecule has 4 aromatic carbocycles. The molecule has 0 aromatic heterocycles. The summed E-state index contributed by atoms with van der Waals surface area (Å²) in [6.07, 6.45) is 0. The third kappa shape index (κ3) is 17.2. The van der Waals surface area contributed by atoms with Crippen molar-refractivity contribution in [2.24, 2.45) is 0 Å². The van der Waals surface area contributed by atoms with Crippen LogP contribution in [0.15, 0.2) is 97.1 Å². The molecule has 0 aliphatic carbocycles. The van der Waals surface area contributed by atoms with Crippen LogP contribution in [0.4, 0.5) is 0 Å². The average Bonchev–Trinajstić information content (AvgIpc) is 3.14. The summed E-state index contributed by atoms with van der Waals surface area (Å²) in [4.78, 5) is 0. The molecular weight excluding hydrogens is 727 g/mol. The van der Waals surface area contributed by atoms with Gasteiger partial charge < -0.3 is 51.0 Å². The molecule has 1 aliphatic rings. The smallest absolute Gasteiger partial charge is 0.122 e. The number of rotatable bonds is 0. The number of isothiocyanates is 2. The van der Waals surface area contributed by atoms with Crippen molar-refractivity contribution in [1.29, 1.82) is 0 Å². The van der Waals surface area contributed by atoms with E-state index in [0.29, 0.717) is 78.8 Å². The summed E-state index contributed by atoms with van der Waals surface area (Å²) in [7, 11) is 0. The fourth-order valence-corrected chi connectivity index (χ4v) is 4.79. The van der Waals surface area contributed by atoms with E-state index in [9.17, 15) is 0 Å². The Bertz CT molecular complexity index is 1390. The van der Waals surface area contributed by atoms with Gasteiger partial charge >= 0.3 is 0 Å². The summed E-state index contributed by atoms with van der Waals surface area (Å²) in [5.74, 6) is 3.31. The van der Waals surface area contributed by atoms with E-state index >= 15 is 0 Å². The number of benzene rings is 4. The largest absolute Gasteiger partial charge is 0.753 e. The van der Waals surface area contributed by atoms with E-state index in [4.69, 9.17) is 51.0 Å². The molecular formula is C38H40N6NiO4S2-6. The summed E-state index contributed by atoms with van der Waals surface area (Å²) in [6.45, 7) is 6.60. The third-order valence-corrected chi connectivity index (χ3v) is 7.05. The molecule has 51 heavy (non-hydrogen) atoms. The van der Waals surface area contributed by atoms with Crippen LogP contribution in [0, 0.1) is 0 Å². The number of hydrogen-bond acceptors (Lipinski definition) is 6. The molecule has 0 saturated carbocycles. The molecule has 0 amide bonds. The van der Waals surface area contributed by atoms with Gasteiger partial charge in [0.25, 0.3) is 0 Å². The van der Waals surface area contributed by atoms with Gasteiger partial charge in [-0.3, -0.25) is 0 Å². The van der Waals surface area contributed by atoms with Gasteiger partial charge in [-0.25, -0.2) is 0 Å². The van der Waals surface area contributed by atoms with Crippen molar-refractivity contribution in [2.45, 2.75) is 26.2 Å². The summed E-state index contributed by atoms with van der Waals surface area (Å²) in [6, 6.07) is 32.1. The maximum Gasteiger partial charge on any atom is 0.122 e. The van der Waals surface area contributed by atoms with Gasteiger partial charge in [-0.15, -0.1) is 26.2 Å². The normalized spacial score (nSPS) is 14.4. The van der Waals surface area contributed by atoms with Crippen molar-refractivity contribution in [3.05, 3.63) is 151 Å². The number of thiocarbonyl (C=S) groups is 2. The summed E-state index contributed by atoms with van der Waals surface area (Å²) in [5, 5.41) is 35.8. The SMILES string of the molecule is [N-]=C=S.[N-]=C=S.[Ni].c1ccc2c(c1)C[N-]CC[N-]Cc1ccccc1OCCOc1ccccc1C[N-]CC[N-]Cc1ccccc1OCCO2. The monoisotopic (exact) mass is 766 g/mol. The Morgan fingerprint density at radius 2 is 0.608 bits per heavy atom. The Morgan fingerprint density at radius 3 is 0.824 bits per heavy atom. The van der Waals surface area contributed by atoms with Crippen LogP contribution in [-0.4, -0.2) is 62.9 Å². The zero-order valence-electron chi connectivity index (χ0n) is 28.2. The predicted molar refractivity (Wildman–Crippen MR) is 207 cm³/mol. The molecule has 0 spiro atoms. The van der Waals surface area contributed by atoms with E-state index in [2.05, 4.69) is 48.7 Å². The van der Waals surface area contributed by atoms with E-state index in [-0.39, 0.29) is 16.5 Å².